The van der Waals surface area contributed by atoms with Gasteiger partial charge in [-0.05, 0) is 44.9 Å². The Hall–Kier alpha value is -1.81. The SMILES string of the molecule is C=CCc1cc(CN=C(NCC)NCc2sc(C)nc2C)cc(OC)c1OC.I. The van der Waals surface area contributed by atoms with Gasteiger partial charge in [-0.15, -0.1) is 41.9 Å². The number of halogens is 1. The third-order valence-corrected chi connectivity index (χ3v) is 5.23. The Morgan fingerprint density at radius 3 is 2.55 bits per heavy atom. The van der Waals surface area contributed by atoms with E-state index in [4.69, 9.17) is 14.5 Å². The number of aryl methyl sites for hydroxylation is 2. The molecule has 0 amide bonds. The molecule has 1 aromatic carbocycles. The highest BCUT2D eigenvalue weighted by Gasteiger charge is 2.12. The number of benzene rings is 1. The maximum atomic E-state index is 5.50. The van der Waals surface area contributed by atoms with Crippen molar-refractivity contribution < 1.29 is 9.47 Å². The van der Waals surface area contributed by atoms with Crippen LogP contribution in [-0.4, -0.2) is 31.7 Å². The van der Waals surface area contributed by atoms with E-state index in [1.165, 1.54) is 4.88 Å². The standard InChI is InChI=1S/C21H30N4O2S.HI/c1-7-9-17-10-16(11-18(26-5)20(17)27-6)12-23-21(22-8-2)24-13-19-14(3)25-15(4)28-19;/h7,10-11H,1,8-9,12-13H2,2-6H3,(H2,22,23,24);1H. The minimum atomic E-state index is 0. The highest BCUT2D eigenvalue weighted by molar-refractivity contribution is 14.0. The second-order valence-corrected chi connectivity index (χ2v) is 7.56. The summed E-state index contributed by atoms with van der Waals surface area (Å²) in [6.45, 7) is 12.0. The maximum Gasteiger partial charge on any atom is 0.191 e. The fourth-order valence-corrected chi connectivity index (χ4v) is 3.80. The molecule has 2 aromatic rings. The van der Waals surface area contributed by atoms with Gasteiger partial charge >= 0.3 is 0 Å². The van der Waals surface area contributed by atoms with E-state index in [1.54, 1.807) is 25.6 Å². The number of nitrogens with zero attached hydrogens (tertiary/aromatic N) is 2. The molecule has 0 spiro atoms. The van der Waals surface area contributed by atoms with Crippen LogP contribution in [0.25, 0.3) is 0 Å². The lowest BCUT2D eigenvalue weighted by Crippen LogP contribution is -2.36. The number of aromatic nitrogens is 1. The predicted molar refractivity (Wildman–Crippen MR) is 132 cm³/mol. The van der Waals surface area contributed by atoms with Gasteiger partial charge in [0, 0.05) is 17.0 Å². The summed E-state index contributed by atoms with van der Waals surface area (Å²) in [5.41, 5.74) is 3.16. The van der Waals surface area contributed by atoms with Crippen LogP contribution in [0.1, 0.15) is 33.6 Å². The van der Waals surface area contributed by atoms with Crippen LogP contribution >= 0.6 is 35.3 Å². The first-order valence-corrected chi connectivity index (χ1v) is 10.1. The van der Waals surface area contributed by atoms with Gasteiger partial charge in [0.1, 0.15) is 0 Å². The van der Waals surface area contributed by atoms with Gasteiger partial charge < -0.3 is 20.1 Å². The first kappa shape index (κ1) is 25.2. The third-order valence-electron chi connectivity index (χ3n) is 4.16. The Morgan fingerprint density at radius 1 is 1.24 bits per heavy atom. The quantitative estimate of drug-likeness (QED) is 0.218. The molecule has 2 N–H and O–H groups in total. The fraction of sp³-hybridized carbons (Fsp3) is 0.429. The zero-order chi connectivity index (χ0) is 20.5. The number of ether oxygens (including phenoxy) is 2. The second-order valence-electron chi connectivity index (χ2n) is 6.27. The molecule has 0 unspecified atom stereocenters. The predicted octanol–water partition coefficient (Wildman–Crippen LogP) is 4.38. The number of hydrogen-bond acceptors (Lipinski definition) is 5. The van der Waals surface area contributed by atoms with Crippen LogP contribution in [0, 0.1) is 13.8 Å². The van der Waals surface area contributed by atoms with Gasteiger partial charge in [0.15, 0.2) is 17.5 Å². The van der Waals surface area contributed by atoms with E-state index in [-0.39, 0.29) is 24.0 Å². The van der Waals surface area contributed by atoms with Crippen LogP contribution in [0.2, 0.25) is 0 Å². The van der Waals surface area contributed by atoms with Crippen molar-refractivity contribution in [1.82, 2.24) is 15.6 Å². The number of allylic oxidation sites excluding steroid dienone is 1. The van der Waals surface area contributed by atoms with Crippen LogP contribution in [0.15, 0.2) is 29.8 Å². The molecule has 0 saturated carbocycles. The molecule has 6 nitrogen and oxygen atoms in total. The minimum absolute atomic E-state index is 0. The molecular weight excluding hydrogens is 499 g/mol. The second kappa shape index (κ2) is 12.7. The molecule has 1 aromatic heterocycles. The number of nitrogens with one attached hydrogen (secondary N) is 2. The molecule has 29 heavy (non-hydrogen) atoms. The summed E-state index contributed by atoms with van der Waals surface area (Å²) in [5, 5.41) is 7.76. The van der Waals surface area contributed by atoms with Crippen LogP contribution in [0.5, 0.6) is 11.5 Å². The topological polar surface area (TPSA) is 67.8 Å². The maximum absolute atomic E-state index is 5.50. The van der Waals surface area contributed by atoms with Crippen LogP contribution < -0.4 is 20.1 Å². The average molecular weight is 530 g/mol. The zero-order valence-corrected chi connectivity index (χ0v) is 20.9. The van der Waals surface area contributed by atoms with Gasteiger partial charge in [-0.2, -0.15) is 0 Å². The lowest BCUT2D eigenvalue weighted by atomic mass is 10.1. The molecule has 0 radical (unpaired) electrons. The molecule has 0 aliphatic heterocycles. The monoisotopic (exact) mass is 530 g/mol. The lowest BCUT2D eigenvalue weighted by Gasteiger charge is -2.14. The van der Waals surface area contributed by atoms with Gasteiger partial charge in [-0.25, -0.2) is 9.98 Å². The van der Waals surface area contributed by atoms with Crippen molar-refractivity contribution in [3.05, 3.63) is 51.5 Å². The molecule has 0 bridgehead atoms. The van der Waals surface area contributed by atoms with Crippen LogP contribution in [-0.2, 0) is 19.5 Å². The molecular formula is C21H31IN4O2S. The summed E-state index contributed by atoms with van der Waals surface area (Å²) in [6, 6.07) is 4.06. The van der Waals surface area contributed by atoms with Crippen molar-refractivity contribution in [2.75, 3.05) is 20.8 Å². The molecule has 0 aliphatic rings. The molecule has 0 aliphatic carbocycles. The largest absolute Gasteiger partial charge is 0.493 e. The van der Waals surface area contributed by atoms with E-state index in [2.05, 4.69) is 35.2 Å². The van der Waals surface area contributed by atoms with Crippen molar-refractivity contribution in [3.63, 3.8) is 0 Å². The van der Waals surface area contributed by atoms with Gasteiger partial charge in [0.2, 0.25) is 0 Å². The van der Waals surface area contributed by atoms with Crippen molar-refractivity contribution in [3.8, 4) is 11.5 Å². The van der Waals surface area contributed by atoms with E-state index in [0.717, 1.165) is 40.1 Å². The lowest BCUT2D eigenvalue weighted by molar-refractivity contribution is 0.352. The molecule has 160 valence electrons. The Morgan fingerprint density at radius 2 is 2.00 bits per heavy atom. The first-order chi connectivity index (χ1) is 13.5. The van der Waals surface area contributed by atoms with Gasteiger partial charge in [0.25, 0.3) is 0 Å². The van der Waals surface area contributed by atoms with Crippen molar-refractivity contribution in [1.29, 1.82) is 0 Å². The summed E-state index contributed by atoms with van der Waals surface area (Å²) in [6.07, 6.45) is 2.56. The number of thiazole rings is 1. The third kappa shape index (κ3) is 7.18. The van der Waals surface area contributed by atoms with E-state index >= 15 is 0 Å². The molecule has 0 fully saturated rings. The smallest absolute Gasteiger partial charge is 0.191 e. The molecule has 1 heterocycles. The van der Waals surface area contributed by atoms with Crippen LogP contribution in [0.4, 0.5) is 0 Å². The summed E-state index contributed by atoms with van der Waals surface area (Å²) in [7, 11) is 3.30. The Bertz CT molecular complexity index is 836. The summed E-state index contributed by atoms with van der Waals surface area (Å²) in [5.74, 6) is 2.23. The summed E-state index contributed by atoms with van der Waals surface area (Å²) >= 11 is 1.71. The molecule has 2 rings (SSSR count). The van der Waals surface area contributed by atoms with Crippen molar-refractivity contribution in [2.24, 2.45) is 4.99 Å². The Labute approximate surface area is 194 Å². The Balaban J connectivity index is 0.00000420. The normalized spacial score (nSPS) is 10.9. The zero-order valence-electron chi connectivity index (χ0n) is 17.8. The van der Waals surface area contributed by atoms with Crippen LogP contribution in [0.3, 0.4) is 0 Å². The van der Waals surface area contributed by atoms with Crippen molar-refractivity contribution >= 4 is 41.3 Å². The van der Waals surface area contributed by atoms with Crippen molar-refractivity contribution in [2.45, 2.75) is 40.3 Å². The molecule has 8 heteroatoms. The van der Waals surface area contributed by atoms with E-state index in [0.29, 0.717) is 25.3 Å². The number of hydrogen-bond donors (Lipinski definition) is 2. The molecule has 0 saturated heterocycles. The van der Waals surface area contributed by atoms with E-state index < -0.39 is 0 Å². The van der Waals surface area contributed by atoms with Gasteiger partial charge in [-0.1, -0.05) is 6.08 Å². The average Bonchev–Trinajstić information content (AvgIpc) is 3.00. The summed E-state index contributed by atoms with van der Waals surface area (Å²) in [4.78, 5) is 10.4. The van der Waals surface area contributed by atoms with Gasteiger partial charge in [0.05, 0.1) is 38.0 Å². The highest BCUT2D eigenvalue weighted by atomic mass is 127. The number of guanidine groups is 1. The van der Waals surface area contributed by atoms with Gasteiger partial charge in [-0.3, -0.25) is 0 Å². The first-order valence-electron chi connectivity index (χ1n) is 9.32. The Kier molecular flexibility index (Phi) is 11.0. The fourth-order valence-electron chi connectivity index (χ4n) is 2.92. The number of aliphatic imine (C=N–C) groups is 1. The number of rotatable bonds is 9. The van der Waals surface area contributed by atoms with E-state index in [9.17, 15) is 0 Å². The minimum Gasteiger partial charge on any atom is -0.493 e. The number of methoxy groups -OCH3 is 2. The highest BCUT2D eigenvalue weighted by Crippen LogP contribution is 2.33. The molecule has 0 atom stereocenters. The van der Waals surface area contributed by atoms with E-state index in [1.807, 2.05) is 26.0 Å². The summed E-state index contributed by atoms with van der Waals surface area (Å²) < 4.78 is 11.0.